The molecule has 0 bridgehead atoms. The number of carbonyl (C=O) groups is 2. The largest absolute Gasteiger partial charge is 0.497 e. The molecular weight excluding hydrogens is 490 g/mol. The molecule has 0 spiro atoms. The number of benzene rings is 2. The van der Waals surface area contributed by atoms with E-state index in [-0.39, 0.29) is 18.5 Å². The fourth-order valence-corrected chi connectivity index (χ4v) is 5.61. The Balaban J connectivity index is 1.89. The quantitative estimate of drug-likeness (QED) is 0.477. The number of nitrogens with zero attached hydrogens (tertiary/aromatic N) is 2. The minimum Gasteiger partial charge on any atom is -0.497 e. The summed E-state index contributed by atoms with van der Waals surface area (Å²) < 4.78 is 32.0. The third-order valence-corrected chi connectivity index (χ3v) is 8.08. The van der Waals surface area contributed by atoms with Gasteiger partial charge in [0.05, 0.1) is 19.1 Å². The van der Waals surface area contributed by atoms with Crippen LogP contribution in [0.3, 0.4) is 0 Å². The average molecular weight is 530 g/mol. The number of sulfonamides is 1. The van der Waals surface area contributed by atoms with Crippen molar-refractivity contribution in [2.75, 3.05) is 24.2 Å². The predicted octanol–water partition coefficient (Wildman–Crippen LogP) is 3.89. The molecule has 1 saturated carbocycles. The summed E-state index contributed by atoms with van der Waals surface area (Å²) >= 11 is 0. The molecule has 9 heteroatoms. The Bertz CT molecular complexity index is 1160. The first-order valence-corrected chi connectivity index (χ1v) is 14.8. The van der Waals surface area contributed by atoms with E-state index < -0.39 is 28.5 Å². The number of methoxy groups -OCH3 is 1. The maximum atomic E-state index is 13.8. The number of ether oxygens (including phenoxy) is 1. The fourth-order valence-electron chi connectivity index (χ4n) is 4.73. The molecule has 0 saturated heterocycles. The molecule has 1 atom stereocenters. The van der Waals surface area contributed by atoms with Crippen molar-refractivity contribution < 1.29 is 22.7 Å². The van der Waals surface area contributed by atoms with Gasteiger partial charge in [0.1, 0.15) is 18.3 Å². The van der Waals surface area contributed by atoms with Crippen LogP contribution >= 0.6 is 0 Å². The van der Waals surface area contributed by atoms with Gasteiger partial charge in [0.2, 0.25) is 21.8 Å². The summed E-state index contributed by atoms with van der Waals surface area (Å²) in [4.78, 5) is 28.5. The molecule has 37 heavy (non-hydrogen) atoms. The maximum absolute atomic E-state index is 13.8. The van der Waals surface area contributed by atoms with Crippen molar-refractivity contribution in [3.8, 4) is 5.75 Å². The van der Waals surface area contributed by atoms with Crippen LogP contribution in [0.4, 0.5) is 5.69 Å². The summed E-state index contributed by atoms with van der Waals surface area (Å²) in [6.45, 7) is 3.40. The predicted molar refractivity (Wildman–Crippen MR) is 146 cm³/mol. The molecule has 8 nitrogen and oxygen atoms in total. The molecule has 2 aromatic carbocycles. The highest BCUT2D eigenvalue weighted by Gasteiger charge is 2.31. The van der Waals surface area contributed by atoms with E-state index in [1.54, 1.807) is 38.3 Å². The lowest BCUT2D eigenvalue weighted by atomic mass is 9.95. The van der Waals surface area contributed by atoms with Gasteiger partial charge in [-0.25, -0.2) is 8.42 Å². The molecular formula is C28H39N3O5S. The van der Waals surface area contributed by atoms with Crippen LogP contribution in [-0.2, 0) is 32.6 Å². The molecule has 0 radical (unpaired) electrons. The third-order valence-electron chi connectivity index (χ3n) is 6.95. The van der Waals surface area contributed by atoms with Gasteiger partial charge in [-0.05, 0) is 55.5 Å². The van der Waals surface area contributed by atoms with Gasteiger partial charge < -0.3 is 15.0 Å². The Morgan fingerprint density at radius 2 is 1.70 bits per heavy atom. The van der Waals surface area contributed by atoms with Gasteiger partial charge in [-0.1, -0.05) is 56.5 Å². The van der Waals surface area contributed by atoms with Crippen LogP contribution in [0.1, 0.15) is 57.1 Å². The lowest BCUT2D eigenvalue weighted by Crippen LogP contribution is -2.53. The summed E-state index contributed by atoms with van der Waals surface area (Å²) in [5.74, 6) is 0.0104. The monoisotopic (exact) mass is 529 g/mol. The molecule has 1 fully saturated rings. The maximum Gasteiger partial charge on any atom is 0.244 e. The fraction of sp³-hybridized carbons (Fsp3) is 0.500. The highest BCUT2D eigenvalue weighted by atomic mass is 32.2. The molecule has 1 N–H and O–H groups in total. The third kappa shape index (κ3) is 7.71. The SMILES string of the molecule is CCc1ccccc1N(CC(=O)N(Cc1ccc(OC)cc1)C(C)C(=O)NC1CCCCC1)S(C)(=O)=O. The van der Waals surface area contributed by atoms with E-state index in [1.165, 1.54) is 11.3 Å². The average Bonchev–Trinajstić information content (AvgIpc) is 2.90. The van der Waals surface area contributed by atoms with Gasteiger partial charge in [-0.15, -0.1) is 0 Å². The number of amides is 2. The molecule has 0 aromatic heterocycles. The van der Waals surface area contributed by atoms with E-state index in [0.29, 0.717) is 17.9 Å². The number of nitrogens with one attached hydrogen (secondary N) is 1. The van der Waals surface area contributed by atoms with Gasteiger partial charge in [-0.3, -0.25) is 13.9 Å². The molecule has 0 heterocycles. The van der Waals surface area contributed by atoms with Crippen molar-refractivity contribution >= 4 is 27.5 Å². The first kappa shape index (κ1) is 28.5. The standard InChI is InChI=1S/C28H39N3O5S/c1-5-23-11-9-10-14-26(23)31(37(4,34)35)20-27(32)30(19-22-15-17-25(36-3)18-16-22)21(2)28(33)29-24-12-7-6-8-13-24/h9-11,14-18,21,24H,5-8,12-13,19-20H2,1-4H3,(H,29,33). The Kier molecular flexibility index (Phi) is 9.97. The van der Waals surface area contributed by atoms with Crippen molar-refractivity contribution in [2.24, 2.45) is 0 Å². The van der Waals surface area contributed by atoms with Gasteiger partial charge in [0.15, 0.2) is 0 Å². The van der Waals surface area contributed by atoms with Crippen LogP contribution in [-0.4, -0.2) is 57.1 Å². The molecule has 1 aliphatic carbocycles. The highest BCUT2D eigenvalue weighted by molar-refractivity contribution is 7.92. The van der Waals surface area contributed by atoms with Crippen LogP contribution in [0.5, 0.6) is 5.75 Å². The van der Waals surface area contributed by atoms with Crippen LogP contribution in [0.15, 0.2) is 48.5 Å². The second-order valence-electron chi connectivity index (χ2n) is 9.64. The summed E-state index contributed by atoms with van der Waals surface area (Å²) in [6, 6.07) is 13.8. The number of hydrogen-bond acceptors (Lipinski definition) is 5. The molecule has 2 aromatic rings. The van der Waals surface area contributed by atoms with Crippen molar-refractivity contribution in [2.45, 2.75) is 71.0 Å². The number of rotatable bonds is 11. The Labute approximate surface area is 221 Å². The van der Waals surface area contributed by atoms with Crippen molar-refractivity contribution in [1.29, 1.82) is 0 Å². The van der Waals surface area contributed by atoms with Crippen LogP contribution in [0, 0.1) is 0 Å². The molecule has 3 rings (SSSR count). The van der Waals surface area contributed by atoms with E-state index >= 15 is 0 Å². The Hall–Kier alpha value is -3.07. The minimum atomic E-state index is -3.76. The summed E-state index contributed by atoms with van der Waals surface area (Å²) in [6.07, 6.45) is 6.90. The van der Waals surface area contributed by atoms with Gasteiger partial charge in [0, 0.05) is 12.6 Å². The van der Waals surface area contributed by atoms with E-state index in [9.17, 15) is 18.0 Å². The zero-order valence-corrected chi connectivity index (χ0v) is 23.1. The molecule has 1 aliphatic rings. The van der Waals surface area contributed by atoms with E-state index in [0.717, 1.165) is 47.4 Å². The van der Waals surface area contributed by atoms with Gasteiger partial charge in [-0.2, -0.15) is 0 Å². The van der Waals surface area contributed by atoms with E-state index in [4.69, 9.17) is 4.74 Å². The highest BCUT2D eigenvalue weighted by Crippen LogP contribution is 2.24. The number of aryl methyl sites for hydroxylation is 1. The van der Waals surface area contributed by atoms with Gasteiger partial charge in [0.25, 0.3) is 0 Å². The van der Waals surface area contributed by atoms with Crippen molar-refractivity contribution in [3.63, 3.8) is 0 Å². The molecule has 1 unspecified atom stereocenters. The van der Waals surface area contributed by atoms with Crippen molar-refractivity contribution in [1.82, 2.24) is 10.2 Å². The number of hydrogen-bond donors (Lipinski definition) is 1. The minimum absolute atomic E-state index is 0.102. The second kappa shape index (κ2) is 12.9. The summed E-state index contributed by atoms with van der Waals surface area (Å²) in [5, 5.41) is 3.11. The topological polar surface area (TPSA) is 96.0 Å². The summed E-state index contributed by atoms with van der Waals surface area (Å²) in [7, 11) is -2.18. The first-order valence-electron chi connectivity index (χ1n) is 12.9. The zero-order chi connectivity index (χ0) is 27.0. The van der Waals surface area contributed by atoms with Crippen molar-refractivity contribution in [3.05, 3.63) is 59.7 Å². The van der Waals surface area contributed by atoms with E-state index in [1.807, 2.05) is 31.2 Å². The summed E-state index contributed by atoms with van der Waals surface area (Å²) in [5.41, 5.74) is 2.11. The Morgan fingerprint density at radius 1 is 1.05 bits per heavy atom. The number of anilines is 1. The smallest absolute Gasteiger partial charge is 0.244 e. The number of carbonyl (C=O) groups excluding carboxylic acids is 2. The van der Waals surface area contributed by atoms with Crippen LogP contribution < -0.4 is 14.4 Å². The zero-order valence-electron chi connectivity index (χ0n) is 22.3. The van der Waals surface area contributed by atoms with Crippen LogP contribution in [0.2, 0.25) is 0 Å². The van der Waals surface area contributed by atoms with Crippen LogP contribution in [0.25, 0.3) is 0 Å². The van der Waals surface area contributed by atoms with Gasteiger partial charge >= 0.3 is 0 Å². The molecule has 202 valence electrons. The molecule has 0 aliphatic heterocycles. The normalized spacial score (nSPS) is 15.0. The number of para-hydroxylation sites is 1. The lowest BCUT2D eigenvalue weighted by Gasteiger charge is -2.33. The van der Waals surface area contributed by atoms with E-state index in [2.05, 4.69) is 5.32 Å². The lowest BCUT2D eigenvalue weighted by molar-refractivity contribution is -0.139. The molecule has 2 amide bonds. The Morgan fingerprint density at radius 3 is 2.30 bits per heavy atom. The first-order chi connectivity index (χ1) is 17.6. The second-order valence-corrected chi connectivity index (χ2v) is 11.5.